The van der Waals surface area contributed by atoms with E-state index < -0.39 is 11.9 Å². The first-order valence-electron chi connectivity index (χ1n) is 9.45. The van der Waals surface area contributed by atoms with E-state index >= 15 is 0 Å². The van der Waals surface area contributed by atoms with Gasteiger partial charge in [-0.3, -0.25) is 4.79 Å². The predicted molar refractivity (Wildman–Crippen MR) is 95.7 cm³/mol. The van der Waals surface area contributed by atoms with Gasteiger partial charge in [-0.05, 0) is 67.7 Å². The summed E-state index contributed by atoms with van der Waals surface area (Å²) in [7, 11) is 0. The lowest BCUT2D eigenvalue weighted by Crippen LogP contribution is -2.25. The molecule has 26 heavy (non-hydrogen) atoms. The van der Waals surface area contributed by atoms with Gasteiger partial charge in [0, 0.05) is 19.3 Å². The molecule has 0 aliphatic heterocycles. The molecule has 0 unspecified atom stereocenters. The Bertz CT molecular complexity index is 654. The number of ether oxygens (including phenoxy) is 1. The summed E-state index contributed by atoms with van der Waals surface area (Å²) in [5, 5.41) is 8.72. The second-order valence-corrected chi connectivity index (χ2v) is 7.44. The highest BCUT2D eigenvalue weighted by atomic mass is 19.3. The Hall–Kier alpha value is -1.91. The van der Waals surface area contributed by atoms with E-state index in [0.29, 0.717) is 31.8 Å². The number of aliphatic carboxylic acids is 1. The van der Waals surface area contributed by atoms with E-state index in [2.05, 4.69) is 0 Å². The molecule has 0 bridgehead atoms. The van der Waals surface area contributed by atoms with Crippen LogP contribution in [0.25, 0.3) is 0 Å². The number of carboxylic acid groups (broad SMARTS) is 1. The average molecular weight is 364 g/mol. The van der Waals surface area contributed by atoms with Gasteiger partial charge < -0.3 is 9.84 Å². The van der Waals surface area contributed by atoms with Gasteiger partial charge in [0.1, 0.15) is 12.4 Å². The Balaban J connectivity index is 1.55. The van der Waals surface area contributed by atoms with Gasteiger partial charge in [-0.25, -0.2) is 8.78 Å². The lowest BCUT2D eigenvalue weighted by molar-refractivity contribution is -0.136. The van der Waals surface area contributed by atoms with Crippen molar-refractivity contribution in [3.8, 4) is 5.75 Å². The van der Waals surface area contributed by atoms with Crippen LogP contribution in [0.4, 0.5) is 8.78 Å². The van der Waals surface area contributed by atoms with Crippen molar-refractivity contribution >= 4 is 5.97 Å². The van der Waals surface area contributed by atoms with Crippen LogP contribution < -0.4 is 4.74 Å². The number of carboxylic acids is 1. The fourth-order valence-electron chi connectivity index (χ4n) is 4.05. The van der Waals surface area contributed by atoms with Crippen molar-refractivity contribution in [3.05, 3.63) is 41.0 Å². The van der Waals surface area contributed by atoms with Crippen LogP contribution in [-0.4, -0.2) is 23.6 Å². The number of hydrogen-bond acceptors (Lipinski definition) is 2. The highest BCUT2D eigenvalue weighted by Crippen LogP contribution is 2.43. The van der Waals surface area contributed by atoms with Crippen molar-refractivity contribution in [3.63, 3.8) is 0 Å². The minimum Gasteiger partial charge on any atom is -0.489 e. The van der Waals surface area contributed by atoms with Gasteiger partial charge in [0.05, 0.1) is 0 Å². The third-order valence-corrected chi connectivity index (χ3v) is 5.55. The maximum Gasteiger partial charge on any atom is 0.303 e. The molecule has 1 N–H and O–H groups in total. The van der Waals surface area contributed by atoms with Gasteiger partial charge in [0.2, 0.25) is 5.92 Å². The number of alkyl halides is 2. The maximum absolute atomic E-state index is 13.4. The Kier molecular flexibility index (Phi) is 5.94. The third kappa shape index (κ3) is 5.05. The van der Waals surface area contributed by atoms with Crippen molar-refractivity contribution in [1.82, 2.24) is 0 Å². The number of allylic oxidation sites excluding steroid dienone is 1. The maximum atomic E-state index is 13.4. The van der Waals surface area contributed by atoms with Crippen LogP contribution in [0.1, 0.15) is 56.9 Å². The Morgan fingerprint density at radius 3 is 2.50 bits per heavy atom. The fraction of sp³-hybridized carbons (Fsp3) is 0.571. The fourth-order valence-corrected chi connectivity index (χ4v) is 4.05. The SMILES string of the molecule is O=C(O)CCc1ccc(OCC2=C(C3CCC(F)(F)CC3)CCC2)cc1. The van der Waals surface area contributed by atoms with Crippen molar-refractivity contribution < 1.29 is 23.4 Å². The first-order chi connectivity index (χ1) is 12.4. The summed E-state index contributed by atoms with van der Waals surface area (Å²) in [6.07, 6.45) is 4.93. The van der Waals surface area contributed by atoms with Gasteiger partial charge in [0.15, 0.2) is 0 Å². The molecule has 1 aromatic carbocycles. The van der Waals surface area contributed by atoms with E-state index in [4.69, 9.17) is 9.84 Å². The second-order valence-electron chi connectivity index (χ2n) is 7.44. The topological polar surface area (TPSA) is 46.5 Å². The summed E-state index contributed by atoms with van der Waals surface area (Å²) in [6.45, 7) is 0.525. The molecule has 142 valence electrons. The molecule has 1 fully saturated rings. The highest BCUT2D eigenvalue weighted by molar-refractivity contribution is 5.67. The van der Waals surface area contributed by atoms with E-state index in [-0.39, 0.29) is 19.3 Å². The van der Waals surface area contributed by atoms with E-state index in [1.165, 1.54) is 11.1 Å². The first kappa shape index (κ1) is 18.9. The lowest BCUT2D eigenvalue weighted by Gasteiger charge is -2.30. The number of halogens is 2. The van der Waals surface area contributed by atoms with E-state index in [9.17, 15) is 13.6 Å². The zero-order chi connectivity index (χ0) is 18.6. The van der Waals surface area contributed by atoms with E-state index in [0.717, 1.165) is 30.6 Å². The largest absolute Gasteiger partial charge is 0.489 e. The zero-order valence-corrected chi connectivity index (χ0v) is 15.0. The molecule has 0 spiro atoms. The van der Waals surface area contributed by atoms with Gasteiger partial charge in [-0.2, -0.15) is 0 Å². The normalized spacial score (nSPS) is 20.4. The number of carbonyl (C=O) groups is 1. The number of rotatable bonds is 7. The molecule has 1 aromatic rings. The standard InChI is InChI=1S/C21H26F2O3/c22-21(23)12-10-16(11-13-21)19-3-1-2-17(19)14-26-18-7-4-15(5-8-18)6-9-20(24)25/h4-5,7-8,16H,1-3,6,9-14H2,(H,24,25). The Labute approximate surface area is 153 Å². The van der Waals surface area contributed by atoms with E-state index in [1.54, 1.807) is 0 Å². The van der Waals surface area contributed by atoms with Crippen LogP contribution in [0, 0.1) is 5.92 Å². The monoisotopic (exact) mass is 364 g/mol. The van der Waals surface area contributed by atoms with Gasteiger partial charge in [-0.1, -0.05) is 17.7 Å². The van der Waals surface area contributed by atoms with Crippen LogP contribution in [0.3, 0.4) is 0 Å². The summed E-state index contributed by atoms with van der Waals surface area (Å²) < 4.78 is 32.7. The molecule has 1 saturated carbocycles. The molecule has 0 radical (unpaired) electrons. The Morgan fingerprint density at radius 2 is 1.85 bits per heavy atom. The van der Waals surface area contributed by atoms with Gasteiger partial charge >= 0.3 is 5.97 Å². The molecule has 0 heterocycles. The number of hydrogen-bond donors (Lipinski definition) is 1. The van der Waals surface area contributed by atoms with Crippen molar-refractivity contribution in [2.24, 2.45) is 5.92 Å². The molecule has 0 amide bonds. The molecular formula is C21H26F2O3. The van der Waals surface area contributed by atoms with Gasteiger partial charge in [-0.15, -0.1) is 0 Å². The van der Waals surface area contributed by atoms with Gasteiger partial charge in [0.25, 0.3) is 0 Å². The first-order valence-corrected chi connectivity index (χ1v) is 9.45. The third-order valence-electron chi connectivity index (χ3n) is 5.55. The van der Waals surface area contributed by atoms with Crippen LogP contribution >= 0.6 is 0 Å². The quantitative estimate of drug-likeness (QED) is 0.660. The molecule has 3 nitrogen and oxygen atoms in total. The number of aryl methyl sites for hydroxylation is 1. The highest BCUT2D eigenvalue weighted by Gasteiger charge is 2.37. The lowest BCUT2D eigenvalue weighted by atomic mass is 9.80. The minimum absolute atomic E-state index is 0.00705. The van der Waals surface area contributed by atoms with Crippen LogP contribution in [0.2, 0.25) is 0 Å². The van der Waals surface area contributed by atoms with Crippen LogP contribution in [0.15, 0.2) is 35.4 Å². The molecular weight excluding hydrogens is 338 g/mol. The second kappa shape index (κ2) is 8.19. The molecule has 3 rings (SSSR count). The molecule has 0 aromatic heterocycles. The predicted octanol–water partition coefficient (Wildman–Crippen LogP) is 5.39. The van der Waals surface area contributed by atoms with E-state index in [1.807, 2.05) is 24.3 Å². The van der Waals surface area contributed by atoms with Crippen molar-refractivity contribution in [2.75, 3.05) is 6.61 Å². The van der Waals surface area contributed by atoms with Crippen molar-refractivity contribution in [2.45, 2.75) is 63.7 Å². The molecule has 0 saturated heterocycles. The zero-order valence-electron chi connectivity index (χ0n) is 15.0. The van der Waals surface area contributed by atoms with Crippen molar-refractivity contribution in [1.29, 1.82) is 0 Å². The number of benzene rings is 1. The average Bonchev–Trinajstić information content (AvgIpc) is 3.07. The molecule has 0 atom stereocenters. The summed E-state index contributed by atoms with van der Waals surface area (Å²) in [4.78, 5) is 10.6. The Morgan fingerprint density at radius 1 is 1.15 bits per heavy atom. The molecule has 2 aliphatic carbocycles. The minimum atomic E-state index is -2.48. The summed E-state index contributed by atoms with van der Waals surface area (Å²) in [5.74, 6) is -2.21. The van der Waals surface area contributed by atoms with Crippen LogP contribution in [-0.2, 0) is 11.2 Å². The summed E-state index contributed by atoms with van der Waals surface area (Å²) >= 11 is 0. The molecule has 5 heteroatoms. The summed E-state index contributed by atoms with van der Waals surface area (Å²) in [6, 6.07) is 7.53. The molecule has 2 aliphatic rings. The smallest absolute Gasteiger partial charge is 0.303 e. The summed E-state index contributed by atoms with van der Waals surface area (Å²) in [5.41, 5.74) is 3.62. The van der Waals surface area contributed by atoms with Crippen LogP contribution in [0.5, 0.6) is 5.75 Å².